The van der Waals surface area contributed by atoms with Gasteiger partial charge in [-0.05, 0) is 18.2 Å². The maximum atomic E-state index is 10.6. The van der Waals surface area contributed by atoms with Crippen LogP contribution >= 0.6 is 0 Å². The van der Waals surface area contributed by atoms with Crippen molar-refractivity contribution >= 4 is 17.9 Å². The molecule has 0 radical (unpaired) electrons. The third kappa shape index (κ3) is 6.79. The number of hydrogen-bond donors (Lipinski definition) is 5. The normalized spacial score (nSPS) is 9.55. The van der Waals surface area contributed by atoms with Gasteiger partial charge >= 0.3 is 17.9 Å². The van der Waals surface area contributed by atoms with E-state index >= 15 is 0 Å². The lowest BCUT2D eigenvalue weighted by Gasteiger charge is -2.02. The Morgan fingerprint density at radius 1 is 0.818 bits per heavy atom. The standard InChI is InChI=1S/C9H6O6.C4H10O3/c10-7(11)4-1-2-5(8(12)13)6(3-4)9(14)15;5-1-3-7-4-2-6/h1-3H,(H,10,11)(H,12,13)(H,14,15);5-6H,1-4H2. The summed E-state index contributed by atoms with van der Waals surface area (Å²) in [5.74, 6) is -4.20. The molecule has 0 fully saturated rings. The molecular weight excluding hydrogens is 300 g/mol. The van der Waals surface area contributed by atoms with Crippen LogP contribution in [0.4, 0.5) is 0 Å². The molecule has 0 aliphatic rings. The summed E-state index contributed by atoms with van der Waals surface area (Å²) in [5.41, 5.74) is -1.24. The lowest BCUT2D eigenvalue weighted by molar-refractivity contribution is 0.0649. The Hall–Kier alpha value is -2.49. The van der Waals surface area contributed by atoms with Gasteiger partial charge in [-0.3, -0.25) is 0 Å². The van der Waals surface area contributed by atoms with Crippen molar-refractivity contribution in [3.8, 4) is 0 Å². The topological polar surface area (TPSA) is 162 Å². The first-order valence-corrected chi connectivity index (χ1v) is 5.98. The van der Waals surface area contributed by atoms with Crippen molar-refractivity contribution in [2.75, 3.05) is 26.4 Å². The van der Waals surface area contributed by atoms with Crippen molar-refractivity contribution in [2.24, 2.45) is 0 Å². The van der Waals surface area contributed by atoms with Gasteiger partial charge in [0.15, 0.2) is 0 Å². The Kier molecular flexibility index (Phi) is 9.11. The van der Waals surface area contributed by atoms with Crippen molar-refractivity contribution in [1.29, 1.82) is 0 Å². The summed E-state index contributed by atoms with van der Waals surface area (Å²) in [6, 6.07) is 2.81. The lowest BCUT2D eigenvalue weighted by Crippen LogP contribution is -2.10. The zero-order valence-corrected chi connectivity index (χ0v) is 11.4. The monoisotopic (exact) mass is 316 g/mol. The van der Waals surface area contributed by atoms with Gasteiger partial charge in [-0.1, -0.05) is 0 Å². The second-order valence-corrected chi connectivity index (χ2v) is 3.74. The number of aliphatic hydroxyl groups is 2. The fourth-order valence-corrected chi connectivity index (χ4v) is 1.27. The van der Waals surface area contributed by atoms with E-state index in [4.69, 9.17) is 25.5 Å². The molecule has 0 amide bonds. The van der Waals surface area contributed by atoms with Crippen LogP contribution in [0.3, 0.4) is 0 Å². The maximum Gasteiger partial charge on any atom is 0.336 e. The number of aromatic carboxylic acids is 3. The zero-order valence-electron chi connectivity index (χ0n) is 11.4. The molecular formula is C13H16O9. The van der Waals surface area contributed by atoms with Crippen LogP contribution in [0.2, 0.25) is 0 Å². The largest absolute Gasteiger partial charge is 0.478 e. The Morgan fingerprint density at radius 3 is 1.68 bits per heavy atom. The summed E-state index contributed by atoms with van der Waals surface area (Å²) >= 11 is 0. The van der Waals surface area contributed by atoms with Crippen LogP contribution in [0, 0.1) is 0 Å². The first kappa shape index (κ1) is 19.5. The molecule has 22 heavy (non-hydrogen) atoms. The summed E-state index contributed by atoms with van der Waals surface area (Å²) in [6.07, 6.45) is 0. The average Bonchev–Trinajstić information content (AvgIpc) is 2.47. The second kappa shape index (κ2) is 10.3. The van der Waals surface area contributed by atoms with Crippen LogP contribution in [-0.2, 0) is 4.74 Å². The number of aliphatic hydroxyl groups excluding tert-OH is 2. The Balaban J connectivity index is 0.000000534. The van der Waals surface area contributed by atoms with E-state index in [-0.39, 0.29) is 18.8 Å². The van der Waals surface area contributed by atoms with E-state index in [9.17, 15) is 14.4 Å². The van der Waals surface area contributed by atoms with Gasteiger partial charge in [0, 0.05) is 0 Å². The van der Waals surface area contributed by atoms with Crippen LogP contribution in [0.25, 0.3) is 0 Å². The molecule has 0 saturated carbocycles. The molecule has 1 aromatic rings. The minimum atomic E-state index is -1.48. The second-order valence-electron chi connectivity index (χ2n) is 3.74. The highest BCUT2D eigenvalue weighted by Gasteiger charge is 2.17. The zero-order chi connectivity index (χ0) is 17.1. The van der Waals surface area contributed by atoms with Crippen molar-refractivity contribution in [1.82, 2.24) is 0 Å². The molecule has 0 aromatic heterocycles. The average molecular weight is 316 g/mol. The molecule has 5 N–H and O–H groups in total. The van der Waals surface area contributed by atoms with Crippen molar-refractivity contribution in [3.05, 3.63) is 34.9 Å². The third-order valence-corrected chi connectivity index (χ3v) is 2.20. The number of benzene rings is 1. The number of rotatable bonds is 7. The third-order valence-electron chi connectivity index (χ3n) is 2.20. The molecule has 0 heterocycles. The summed E-state index contributed by atoms with van der Waals surface area (Å²) < 4.78 is 4.63. The van der Waals surface area contributed by atoms with E-state index in [0.29, 0.717) is 13.2 Å². The van der Waals surface area contributed by atoms with Crippen LogP contribution in [0.15, 0.2) is 18.2 Å². The first-order chi connectivity index (χ1) is 10.3. The predicted octanol–water partition coefficient (Wildman–Crippen LogP) is -0.231. The van der Waals surface area contributed by atoms with E-state index in [1.165, 1.54) is 0 Å². The first-order valence-electron chi connectivity index (χ1n) is 5.98. The lowest BCUT2D eigenvalue weighted by atomic mass is 10.0. The molecule has 0 aliphatic heterocycles. The number of carbonyl (C=O) groups is 3. The van der Waals surface area contributed by atoms with Gasteiger partial charge in [0.05, 0.1) is 43.1 Å². The summed E-state index contributed by atoms with van der Waals surface area (Å²) in [4.78, 5) is 31.8. The number of ether oxygens (including phenoxy) is 1. The molecule has 1 rings (SSSR count). The molecule has 122 valence electrons. The molecule has 0 saturated heterocycles. The SMILES string of the molecule is O=C(O)c1ccc(C(=O)O)c(C(=O)O)c1.OCCOCCO. The van der Waals surface area contributed by atoms with Gasteiger partial charge in [0.25, 0.3) is 0 Å². The van der Waals surface area contributed by atoms with Crippen molar-refractivity contribution in [2.45, 2.75) is 0 Å². The van der Waals surface area contributed by atoms with Gasteiger partial charge in [0.1, 0.15) is 0 Å². The van der Waals surface area contributed by atoms with Crippen molar-refractivity contribution in [3.63, 3.8) is 0 Å². The molecule has 0 aliphatic carbocycles. The van der Waals surface area contributed by atoms with Gasteiger partial charge in [-0.2, -0.15) is 0 Å². The van der Waals surface area contributed by atoms with E-state index in [2.05, 4.69) is 4.74 Å². The van der Waals surface area contributed by atoms with Crippen LogP contribution in [0.1, 0.15) is 31.1 Å². The number of carboxylic acid groups (broad SMARTS) is 3. The van der Waals surface area contributed by atoms with Gasteiger partial charge in [-0.25, -0.2) is 14.4 Å². The summed E-state index contributed by atoms with van der Waals surface area (Å²) in [5, 5.41) is 42.1. The molecule has 1 aromatic carbocycles. The Morgan fingerprint density at radius 2 is 1.32 bits per heavy atom. The summed E-state index contributed by atoms with van der Waals surface area (Å²) in [7, 11) is 0. The van der Waals surface area contributed by atoms with E-state index in [0.717, 1.165) is 18.2 Å². The highest BCUT2D eigenvalue weighted by atomic mass is 16.5. The quantitative estimate of drug-likeness (QED) is 0.428. The highest BCUT2D eigenvalue weighted by Crippen LogP contribution is 2.12. The van der Waals surface area contributed by atoms with E-state index < -0.39 is 29.0 Å². The maximum absolute atomic E-state index is 10.6. The van der Waals surface area contributed by atoms with Crippen LogP contribution in [0.5, 0.6) is 0 Å². The molecule has 0 spiro atoms. The van der Waals surface area contributed by atoms with Gasteiger partial charge in [0.2, 0.25) is 0 Å². The van der Waals surface area contributed by atoms with Gasteiger partial charge < -0.3 is 30.3 Å². The molecule has 0 atom stereocenters. The fraction of sp³-hybridized carbons (Fsp3) is 0.308. The van der Waals surface area contributed by atoms with Crippen LogP contribution in [-0.4, -0.2) is 69.9 Å². The van der Waals surface area contributed by atoms with Crippen molar-refractivity contribution < 1.29 is 44.7 Å². The molecule has 9 nitrogen and oxygen atoms in total. The minimum absolute atomic E-state index is 0.0278. The molecule has 0 bridgehead atoms. The smallest absolute Gasteiger partial charge is 0.336 e. The fourth-order valence-electron chi connectivity index (χ4n) is 1.27. The Labute approximate surface area is 125 Å². The van der Waals surface area contributed by atoms with Crippen LogP contribution < -0.4 is 0 Å². The highest BCUT2D eigenvalue weighted by molar-refractivity contribution is 6.03. The number of carboxylic acids is 3. The molecule has 0 unspecified atom stereocenters. The van der Waals surface area contributed by atoms with Gasteiger partial charge in [-0.15, -0.1) is 0 Å². The summed E-state index contributed by atoms with van der Waals surface area (Å²) in [6.45, 7) is 0.696. The predicted molar refractivity (Wildman–Crippen MR) is 72.3 cm³/mol. The Bertz CT molecular complexity index is 520. The van der Waals surface area contributed by atoms with E-state index in [1.807, 2.05) is 0 Å². The number of hydrogen-bond acceptors (Lipinski definition) is 6. The van der Waals surface area contributed by atoms with E-state index in [1.54, 1.807) is 0 Å². The minimum Gasteiger partial charge on any atom is -0.478 e. The molecule has 9 heteroatoms.